The zero-order chi connectivity index (χ0) is 7.40. The first kappa shape index (κ1) is 8.06. The summed E-state index contributed by atoms with van der Waals surface area (Å²) in [5, 5.41) is 3.25. The summed E-state index contributed by atoms with van der Waals surface area (Å²) in [6, 6.07) is 0. The quantitative estimate of drug-likeness (QED) is 0.620. The normalized spacial score (nSPS) is 34.2. The SMILES string of the molecule is CNC[C@H]1CC[C@@H](C)CC1. The molecule has 0 aliphatic heterocycles. The van der Waals surface area contributed by atoms with E-state index in [-0.39, 0.29) is 0 Å². The van der Waals surface area contributed by atoms with E-state index in [0.717, 1.165) is 11.8 Å². The van der Waals surface area contributed by atoms with Crippen LogP contribution in [0.4, 0.5) is 0 Å². The monoisotopic (exact) mass is 141 g/mol. The van der Waals surface area contributed by atoms with Crippen LogP contribution in [0.5, 0.6) is 0 Å². The summed E-state index contributed by atoms with van der Waals surface area (Å²) in [5.41, 5.74) is 0. The lowest BCUT2D eigenvalue weighted by molar-refractivity contribution is 0.286. The van der Waals surface area contributed by atoms with Gasteiger partial charge in [-0.15, -0.1) is 0 Å². The van der Waals surface area contributed by atoms with Crippen LogP contribution in [0.15, 0.2) is 0 Å². The Balaban J connectivity index is 2.13. The van der Waals surface area contributed by atoms with Crippen molar-refractivity contribution >= 4 is 0 Å². The summed E-state index contributed by atoms with van der Waals surface area (Å²) < 4.78 is 0. The largest absolute Gasteiger partial charge is 0.319 e. The van der Waals surface area contributed by atoms with Crippen molar-refractivity contribution in [3.63, 3.8) is 0 Å². The van der Waals surface area contributed by atoms with Crippen LogP contribution in [0.1, 0.15) is 32.6 Å². The minimum atomic E-state index is 0.973. The molecule has 0 aromatic rings. The highest BCUT2D eigenvalue weighted by Crippen LogP contribution is 2.27. The van der Waals surface area contributed by atoms with Crippen LogP contribution in [0.3, 0.4) is 0 Å². The van der Waals surface area contributed by atoms with Gasteiger partial charge in [-0.25, -0.2) is 0 Å². The summed E-state index contributed by atoms with van der Waals surface area (Å²) >= 11 is 0. The van der Waals surface area contributed by atoms with Crippen molar-refractivity contribution in [1.29, 1.82) is 0 Å². The predicted molar refractivity (Wildman–Crippen MR) is 45.0 cm³/mol. The van der Waals surface area contributed by atoms with Gasteiger partial charge in [-0.05, 0) is 38.3 Å². The molecular weight excluding hydrogens is 122 g/mol. The minimum absolute atomic E-state index is 0.973. The van der Waals surface area contributed by atoms with E-state index in [1.165, 1.54) is 32.2 Å². The Morgan fingerprint density at radius 1 is 1.20 bits per heavy atom. The molecule has 0 radical (unpaired) electrons. The van der Waals surface area contributed by atoms with Gasteiger partial charge in [0.05, 0.1) is 0 Å². The first-order valence-corrected chi connectivity index (χ1v) is 4.47. The average Bonchev–Trinajstić information content (AvgIpc) is 1.95. The third-order valence-corrected chi connectivity index (χ3v) is 2.63. The van der Waals surface area contributed by atoms with Gasteiger partial charge in [0, 0.05) is 0 Å². The second kappa shape index (κ2) is 3.97. The lowest BCUT2D eigenvalue weighted by atomic mass is 9.83. The molecule has 60 valence electrons. The van der Waals surface area contributed by atoms with Crippen molar-refractivity contribution < 1.29 is 0 Å². The van der Waals surface area contributed by atoms with E-state index >= 15 is 0 Å². The van der Waals surface area contributed by atoms with Crippen molar-refractivity contribution in [2.45, 2.75) is 32.6 Å². The standard InChI is InChI=1S/C9H19N/c1-8-3-5-9(6-4-8)7-10-2/h8-10H,3-7H2,1-2H3/t8-,9+. The highest BCUT2D eigenvalue weighted by molar-refractivity contribution is 4.70. The van der Waals surface area contributed by atoms with Crippen LogP contribution in [0.2, 0.25) is 0 Å². The highest BCUT2D eigenvalue weighted by Gasteiger charge is 2.16. The van der Waals surface area contributed by atoms with Gasteiger partial charge in [-0.1, -0.05) is 19.8 Å². The molecule has 1 rings (SSSR count). The Bertz CT molecular complexity index is 82.7. The zero-order valence-corrected chi connectivity index (χ0v) is 7.19. The van der Waals surface area contributed by atoms with Gasteiger partial charge in [0.15, 0.2) is 0 Å². The third kappa shape index (κ3) is 2.30. The molecule has 0 saturated heterocycles. The molecule has 1 aliphatic carbocycles. The molecule has 0 heterocycles. The summed E-state index contributed by atoms with van der Waals surface area (Å²) in [5.74, 6) is 1.97. The molecule has 0 unspecified atom stereocenters. The number of hydrogen-bond acceptors (Lipinski definition) is 1. The lowest BCUT2D eigenvalue weighted by Gasteiger charge is -2.25. The molecule has 1 saturated carbocycles. The van der Waals surface area contributed by atoms with Crippen molar-refractivity contribution in [3.05, 3.63) is 0 Å². The van der Waals surface area contributed by atoms with E-state index < -0.39 is 0 Å². The maximum atomic E-state index is 3.25. The molecule has 0 aromatic heterocycles. The van der Waals surface area contributed by atoms with Crippen LogP contribution >= 0.6 is 0 Å². The third-order valence-electron chi connectivity index (χ3n) is 2.63. The van der Waals surface area contributed by atoms with E-state index in [2.05, 4.69) is 19.3 Å². The second-order valence-corrected chi connectivity index (χ2v) is 3.68. The fraction of sp³-hybridized carbons (Fsp3) is 1.00. The van der Waals surface area contributed by atoms with Gasteiger partial charge < -0.3 is 5.32 Å². The Morgan fingerprint density at radius 3 is 2.30 bits per heavy atom. The average molecular weight is 141 g/mol. The molecule has 1 fully saturated rings. The van der Waals surface area contributed by atoms with E-state index in [1.54, 1.807) is 0 Å². The van der Waals surface area contributed by atoms with Crippen molar-refractivity contribution in [1.82, 2.24) is 5.32 Å². The molecule has 1 aliphatic rings. The molecule has 0 atom stereocenters. The van der Waals surface area contributed by atoms with Crippen LogP contribution in [0.25, 0.3) is 0 Å². The lowest BCUT2D eigenvalue weighted by Crippen LogP contribution is -2.22. The summed E-state index contributed by atoms with van der Waals surface area (Å²) in [4.78, 5) is 0. The Labute approximate surface area is 64.2 Å². The van der Waals surface area contributed by atoms with E-state index in [0.29, 0.717) is 0 Å². The first-order valence-electron chi connectivity index (χ1n) is 4.47. The number of hydrogen-bond donors (Lipinski definition) is 1. The fourth-order valence-corrected chi connectivity index (χ4v) is 1.82. The number of nitrogens with one attached hydrogen (secondary N) is 1. The topological polar surface area (TPSA) is 12.0 Å². The van der Waals surface area contributed by atoms with Crippen molar-refractivity contribution in [2.24, 2.45) is 11.8 Å². The molecule has 0 bridgehead atoms. The maximum absolute atomic E-state index is 3.25. The van der Waals surface area contributed by atoms with E-state index in [9.17, 15) is 0 Å². The molecule has 1 N–H and O–H groups in total. The Kier molecular flexibility index (Phi) is 3.20. The van der Waals surface area contributed by atoms with Gasteiger partial charge in [-0.2, -0.15) is 0 Å². The Morgan fingerprint density at radius 2 is 1.80 bits per heavy atom. The van der Waals surface area contributed by atoms with Gasteiger partial charge in [0.2, 0.25) is 0 Å². The molecule has 1 heteroatoms. The van der Waals surface area contributed by atoms with Crippen LogP contribution in [-0.4, -0.2) is 13.6 Å². The van der Waals surface area contributed by atoms with Gasteiger partial charge in [-0.3, -0.25) is 0 Å². The van der Waals surface area contributed by atoms with Crippen LogP contribution < -0.4 is 5.32 Å². The number of rotatable bonds is 2. The Hall–Kier alpha value is -0.0400. The molecular formula is C9H19N. The van der Waals surface area contributed by atoms with E-state index in [4.69, 9.17) is 0 Å². The summed E-state index contributed by atoms with van der Waals surface area (Å²) in [6.45, 7) is 3.60. The van der Waals surface area contributed by atoms with Crippen LogP contribution in [0, 0.1) is 11.8 Å². The predicted octanol–water partition coefficient (Wildman–Crippen LogP) is 2.03. The zero-order valence-electron chi connectivity index (χ0n) is 7.19. The van der Waals surface area contributed by atoms with Gasteiger partial charge >= 0.3 is 0 Å². The van der Waals surface area contributed by atoms with Gasteiger partial charge in [0.25, 0.3) is 0 Å². The van der Waals surface area contributed by atoms with Gasteiger partial charge in [0.1, 0.15) is 0 Å². The molecule has 0 aromatic carbocycles. The smallest absolute Gasteiger partial charge is 0.00235 e. The minimum Gasteiger partial charge on any atom is -0.319 e. The van der Waals surface area contributed by atoms with Crippen molar-refractivity contribution in [3.8, 4) is 0 Å². The molecule has 10 heavy (non-hydrogen) atoms. The molecule has 1 nitrogen and oxygen atoms in total. The maximum Gasteiger partial charge on any atom is -0.00235 e. The summed E-state index contributed by atoms with van der Waals surface area (Å²) in [6.07, 6.45) is 5.79. The van der Waals surface area contributed by atoms with Crippen LogP contribution in [-0.2, 0) is 0 Å². The van der Waals surface area contributed by atoms with E-state index in [1.807, 2.05) is 0 Å². The van der Waals surface area contributed by atoms with Crippen molar-refractivity contribution in [2.75, 3.05) is 13.6 Å². The summed E-state index contributed by atoms with van der Waals surface area (Å²) in [7, 11) is 2.05. The first-order chi connectivity index (χ1) is 4.83. The second-order valence-electron chi connectivity index (χ2n) is 3.68. The molecule has 0 spiro atoms. The molecule has 0 amide bonds. The fourth-order valence-electron chi connectivity index (χ4n) is 1.82. The highest BCUT2D eigenvalue weighted by atomic mass is 14.8.